The van der Waals surface area contributed by atoms with Crippen LogP contribution in [0, 0.1) is 5.82 Å². The topological polar surface area (TPSA) is 35.2 Å². The number of hydrogen-bond acceptors (Lipinski definition) is 3. The molecule has 0 radical (unpaired) electrons. The Morgan fingerprint density at radius 3 is 2.79 bits per heavy atom. The summed E-state index contributed by atoms with van der Waals surface area (Å²) in [4.78, 5) is 0.756. The molecule has 0 heterocycles. The van der Waals surface area contributed by atoms with E-state index in [0.29, 0.717) is 18.0 Å². The van der Waals surface area contributed by atoms with Gasteiger partial charge >= 0.3 is 0 Å². The largest absolute Gasteiger partial charge is 0.494 e. The normalized spacial score (nSPS) is 10.4. The molecule has 0 aliphatic heterocycles. The number of ether oxygens (including phenoxy) is 1. The molecule has 0 fully saturated rings. The zero-order valence-electron chi connectivity index (χ0n) is 10.7. The molecule has 0 atom stereocenters. The van der Waals surface area contributed by atoms with Crippen molar-refractivity contribution in [1.29, 1.82) is 0 Å². The molecule has 2 nitrogen and oxygen atoms in total. The highest BCUT2D eigenvalue weighted by Gasteiger charge is 2.06. The van der Waals surface area contributed by atoms with E-state index in [1.54, 1.807) is 6.07 Å². The van der Waals surface area contributed by atoms with Crippen LogP contribution in [0.5, 0.6) is 5.75 Å². The molecule has 0 spiro atoms. The summed E-state index contributed by atoms with van der Waals surface area (Å²) in [6, 6.07) is 12.3. The van der Waals surface area contributed by atoms with Gasteiger partial charge in [-0.25, -0.2) is 4.39 Å². The molecular formula is C15H16FNOS. The number of thioether (sulfide) groups is 1. The third-order valence-electron chi connectivity index (χ3n) is 2.63. The van der Waals surface area contributed by atoms with E-state index in [2.05, 4.69) is 0 Å². The van der Waals surface area contributed by atoms with E-state index in [1.165, 1.54) is 23.9 Å². The van der Waals surface area contributed by atoms with E-state index in [1.807, 2.05) is 31.2 Å². The molecule has 0 bridgehead atoms. The third-order valence-corrected chi connectivity index (χ3v) is 3.75. The van der Waals surface area contributed by atoms with Crippen LogP contribution in [0.3, 0.4) is 0 Å². The van der Waals surface area contributed by atoms with E-state index < -0.39 is 0 Å². The molecule has 4 heteroatoms. The minimum absolute atomic E-state index is 0.269. The second kappa shape index (κ2) is 6.48. The highest BCUT2D eigenvalue weighted by molar-refractivity contribution is 7.98. The second-order valence-corrected chi connectivity index (χ2v) is 5.03. The molecule has 0 saturated heterocycles. The van der Waals surface area contributed by atoms with Gasteiger partial charge in [-0.05, 0) is 31.2 Å². The average Bonchev–Trinajstić information content (AvgIpc) is 2.42. The summed E-state index contributed by atoms with van der Waals surface area (Å²) in [7, 11) is 0. The number of hydrogen-bond donors (Lipinski definition) is 1. The second-order valence-electron chi connectivity index (χ2n) is 4.01. The van der Waals surface area contributed by atoms with Crippen molar-refractivity contribution in [3.8, 4) is 5.75 Å². The highest BCUT2D eigenvalue weighted by atomic mass is 32.2. The van der Waals surface area contributed by atoms with E-state index >= 15 is 0 Å². The number of halogens is 1. The maximum atomic E-state index is 13.2. The van der Waals surface area contributed by atoms with Crippen LogP contribution < -0.4 is 10.5 Å². The first kappa shape index (κ1) is 13.7. The van der Waals surface area contributed by atoms with Gasteiger partial charge < -0.3 is 10.5 Å². The first-order valence-electron chi connectivity index (χ1n) is 6.09. The Morgan fingerprint density at radius 1 is 1.21 bits per heavy atom. The molecule has 0 amide bonds. The van der Waals surface area contributed by atoms with E-state index in [4.69, 9.17) is 10.5 Å². The predicted molar refractivity (Wildman–Crippen MR) is 78.0 cm³/mol. The molecule has 19 heavy (non-hydrogen) atoms. The molecule has 0 saturated carbocycles. The predicted octanol–water partition coefficient (Wildman–Crippen LogP) is 4.10. The smallest absolute Gasteiger partial charge is 0.124 e. The van der Waals surface area contributed by atoms with Crippen LogP contribution in [-0.4, -0.2) is 6.61 Å². The lowest BCUT2D eigenvalue weighted by atomic mass is 10.2. The van der Waals surface area contributed by atoms with E-state index in [-0.39, 0.29) is 5.82 Å². The Balaban J connectivity index is 2.12. The summed E-state index contributed by atoms with van der Waals surface area (Å²) in [5.41, 5.74) is 7.51. The maximum absolute atomic E-state index is 13.2. The number of nitrogens with two attached hydrogens (primary N) is 1. The number of rotatable bonds is 5. The third kappa shape index (κ3) is 3.64. The highest BCUT2D eigenvalue weighted by Crippen LogP contribution is 2.31. The molecule has 2 rings (SSSR count). The molecule has 2 N–H and O–H groups in total. The molecule has 0 aliphatic rings. The standard InChI is InChI=1S/C15H16FNOS/c1-2-18-14-6-4-3-5-11(14)10-19-15-9-12(16)7-8-13(15)17/h3-9H,2,10,17H2,1H3. The van der Waals surface area contributed by atoms with Crippen molar-refractivity contribution in [2.24, 2.45) is 0 Å². The summed E-state index contributed by atoms with van der Waals surface area (Å²) in [6.45, 7) is 2.58. The summed E-state index contributed by atoms with van der Waals surface area (Å²) >= 11 is 1.51. The lowest BCUT2D eigenvalue weighted by Crippen LogP contribution is -1.96. The summed E-state index contributed by atoms with van der Waals surface area (Å²) < 4.78 is 18.7. The molecule has 0 unspecified atom stereocenters. The first-order chi connectivity index (χ1) is 9.20. The summed E-state index contributed by atoms with van der Waals surface area (Å²) in [5, 5.41) is 0. The Hall–Kier alpha value is -1.68. The monoisotopic (exact) mass is 277 g/mol. The van der Waals surface area contributed by atoms with Gasteiger partial charge in [0.2, 0.25) is 0 Å². The molecule has 2 aromatic carbocycles. The van der Waals surface area contributed by atoms with Crippen molar-refractivity contribution >= 4 is 17.4 Å². The number of nitrogen functional groups attached to an aromatic ring is 1. The fraction of sp³-hybridized carbons (Fsp3) is 0.200. The van der Waals surface area contributed by atoms with Crippen LogP contribution in [0.25, 0.3) is 0 Å². The lowest BCUT2D eigenvalue weighted by Gasteiger charge is -2.10. The number of para-hydroxylation sites is 1. The molecule has 0 aromatic heterocycles. The van der Waals surface area contributed by atoms with Gasteiger partial charge in [0.1, 0.15) is 11.6 Å². The van der Waals surface area contributed by atoms with Gasteiger partial charge in [0.05, 0.1) is 6.61 Å². The summed E-state index contributed by atoms with van der Waals surface area (Å²) in [5.74, 6) is 1.30. The van der Waals surface area contributed by atoms with Crippen LogP contribution in [-0.2, 0) is 5.75 Å². The van der Waals surface area contributed by atoms with E-state index in [0.717, 1.165) is 16.2 Å². The SMILES string of the molecule is CCOc1ccccc1CSc1cc(F)ccc1N. The van der Waals surface area contributed by atoms with E-state index in [9.17, 15) is 4.39 Å². The fourth-order valence-corrected chi connectivity index (χ4v) is 2.69. The van der Waals surface area contributed by atoms with Crippen molar-refractivity contribution in [2.45, 2.75) is 17.6 Å². The van der Waals surface area contributed by atoms with Crippen molar-refractivity contribution in [3.63, 3.8) is 0 Å². The van der Waals surface area contributed by atoms with Gasteiger partial charge in [-0.2, -0.15) is 0 Å². The minimum atomic E-state index is -0.269. The van der Waals surface area contributed by atoms with Crippen LogP contribution in [0.1, 0.15) is 12.5 Å². The van der Waals surface area contributed by atoms with Gasteiger partial charge in [0.15, 0.2) is 0 Å². The zero-order valence-corrected chi connectivity index (χ0v) is 11.5. The first-order valence-corrected chi connectivity index (χ1v) is 7.07. The Kier molecular flexibility index (Phi) is 4.68. The van der Waals surface area contributed by atoms with Crippen LogP contribution >= 0.6 is 11.8 Å². The molecule has 100 valence electrons. The quantitative estimate of drug-likeness (QED) is 0.660. The van der Waals surface area contributed by atoms with Gasteiger partial charge in [0.25, 0.3) is 0 Å². The average molecular weight is 277 g/mol. The lowest BCUT2D eigenvalue weighted by molar-refractivity contribution is 0.337. The van der Waals surface area contributed by atoms with Crippen LogP contribution in [0.2, 0.25) is 0 Å². The van der Waals surface area contributed by atoms with Crippen molar-refractivity contribution in [1.82, 2.24) is 0 Å². The Bertz CT molecular complexity index is 560. The minimum Gasteiger partial charge on any atom is -0.494 e. The Morgan fingerprint density at radius 2 is 2.00 bits per heavy atom. The fourth-order valence-electron chi connectivity index (χ4n) is 1.71. The van der Waals surface area contributed by atoms with Gasteiger partial charge in [-0.3, -0.25) is 0 Å². The molecular weight excluding hydrogens is 261 g/mol. The van der Waals surface area contributed by atoms with Crippen molar-refractivity contribution in [3.05, 3.63) is 53.8 Å². The Labute approximate surface area is 116 Å². The summed E-state index contributed by atoms with van der Waals surface area (Å²) in [6.07, 6.45) is 0. The van der Waals surface area contributed by atoms with Crippen LogP contribution in [0.4, 0.5) is 10.1 Å². The van der Waals surface area contributed by atoms with Crippen molar-refractivity contribution in [2.75, 3.05) is 12.3 Å². The maximum Gasteiger partial charge on any atom is 0.124 e. The van der Waals surface area contributed by atoms with Gasteiger partial charge in [-0.15, -0.1) is 11.8 Å². The number of benzene rings is 2. The molecule has 0 aliphatic carbocycles. The van der Waals surface area contributed by atoms with Gasteiger partial charge in [0, 0.05) is 21.9 Å². The van der Waals surface area contributed by atoms with Crippen LogP contribution in [0.15, 0.2) is 47.4 Å². The zero-order chi connectivity index (χ0) is 13.7. The number of anilines is 1. The molecule has 2 aromatic rings. The van der Waals surface area contributed by atoms with Gasteiger partial charge in [-0.1, -0.05) is 18.2 Å². The van der Waals surface area contributed by atoms with Crippen molar-refractivity contribution < 1.29 is 9.13 Å².